The molecule has 0 spiro atoms. The van der Waals surface area contributed by atoms with Gasteiger partial charge in [0, 0.05) is 38.3 Å². The Morgan fingerprint density at radius 2 is 1.59 bits per heavy atom. The number of sulfonamides is 1. The van der Waals surface area contributed by atoms with E-state index in [-0.39, 0.29) is 10.7 Å². The molecule has 6 heteroatoms. The first kappa shape index (κ1) is 19.5. The lowest BCUT2D eigenvalue weighted by molar-refractivity contribution is 0.101. The zero-order valence-corrected chi connectivity index (χ0v) is 16.2. The maximum absolute atomic E-state index is 12.8. The molecule has 1 aliphatic rings. The highest BCUT2D eigenvalue weighted by Gasteiger charge is 2.28. The molecule has 0 atom stereocenters. The van der Waals surface area contributed by atoms with Gasteiger partial charge in [-0.25, -0.2) is 8.42 Å². The first-order chi connectivity index (χ1) is 13.0. The molecule has 0 amide bonds. The number of rotatable bonds is 6. The number of nitrogens with zero attached hydrogens (tertiary/aromatic N) is 2. The zero-order valence-electron chi connectivity index (χ0n) is 15.4. The molecule has 1 aliphatic heterocycles. The third-order valence-electron chi connectivity index (χ3n) is 4.70. The van der Waals surface area contributed by atoms with Crippen molar-refractivity contribution < 1.29 is 13.2 Å². The number of hydrogen-bond acceptors (Lipinski definition) is 4. The van der Waals surface area contributed by atoms with Crippen LogP contribution in [0.3, 0.4) is 0 Å². The molecule has 1 fully saturated rings. The maximum atomic E-state index is 12.8. The van der Waals surface area contributed by atoms with E-state index in [0.717, 1.165) is 12.1 Å². The number of piperazine rings is 1. The standard InChI is InChI=1S/C21H24N2O3S/c1-18(24)20-9-11-21(12-10-20)27(25,26)23-16-14-22(15-17-23)13-5-8-19-6-3-2-4-7-19/h2-12H,13-17H2,1H3/b8-5+. The number of carbonyl (C=O) groups is 1. The quantitative estimate of drug-likeness (QED) is 0.719. The lowest BCUT2D eigenvalue weighted by Gasteiger charge is -2.33. The first-order valence-corrected chi connectivity index (χ1v) is 10.5. The highest BCUT2D eigenvalue weighted by Crippen LogP contribution is 2.18. The van der Waals surface area contributed by atoms with Gasteiger partial charge in [0.15, 0.2) is 5.78 Å². The number of Topliss-reactive ketones (excluding diaryl/α,β-unsaturated/α-hetero) is 1. The second kappa shape index (κ2) is 8.61. The summed E-state index contributed by atoms with van der Waals surface area (Å²) in [5.41, 5.74) is 1.68. The molecule has 0 unspecified atom stereocenters. The largest absolute Gasteiger partial charge is 0.297 e. The van der Waals surface area contributed by atoms with E-state index in [1.807, 2.05) is 18.2 Å². The number of benzene rings is 2. The van der Waals surface area contributed by atoms with Gasteiger partial charge in [0.25, 0.3) is 0 Å². The minimum absolute atomic E-state index is 0.0730. The fourth-order valence-corrected chi connectivity index (χ4v) is 4.49. The Balaban J connectivity index is 1.56. The molecule has 0 aliphatic carbocycles. The van der Waals surface area contributed by atoms with Crippen LogP contribution in [0.25, 0.3) is 6.08 Å². The highest BCUT2D eigenvalue weighted by molar-refractivity contribution is 7.89. The van der Waals surface area contributed by atoms with Crippen molar-refractivity contribution in [3.05, 3.63) is 71.8 Å². The van der Waals surface area contributed by atoms with Crippen LogP contribution in [0.2, 0.25) is 0 Å². The van der Waals surface area contributed by atoms with Crippen molar-refractivity contribution in [2.24, 2.45) is 0 Å². The van der Waals surface area contributed by atoms with Gasteiger partial charge in [-0.05, 0) is 24.6 Å². The van der Waals surface area contributed by atoms with Crippen LogP contribution in [0.1, 0.15) is 22.8 Å². The molecule has 27 heavy (non-hydrogen) atoms. The van der Waals surface area contributed by atoms with Gasteiger partial charge in [-0.3, -0.25) is 9.69 Å². The van der Waals surface area contributed by atoms with Crippen LogP contribution in [-0.4, -0.2) is 56.1 Å². The van der Waals surface area contributed by atoms with E-state index in [9.17, 15) is 13.2 Å². The molecule has 1 saturated heterocycles. The monoisotopic (exact) mass is 384 g/mol. The second-order valence-corrected chi connectivity index (χ2v) is 8.54. The van der Waals surface area contributed by atoms with Gasteiger partial charge in [-0.15, -0.1) is 0 Å². The summed E-state index contributed by atoms with van der Waals surface area (Å²) < 4.78 is 27.1. The van der Waals surface area contributed by atoms with Crippen molar-refractivity contribution in [3.63, 3.8) is 0 Å². The van der Waals surface area contributed by atoms with E-state index < -0.39 is 10.0 Å². The van der Waals surface area contributed by atoms with Crippen LogP contribution in [0, 0.1) is 0 Å². The number of hydrogen-bond donors (Lipinski definition) is 0. The van der Waals surface area contributed by atoms with Crippen LogP contribution < -0.4 is 0 Å². The molecule has 2 aromatic rings. The van der Waals surface area contributed by atoms with Crippen molar-refractivity contribution in [1.29, 1.82) is 0 Å². The SMILES string of the molecule is CC(=O)c1ccc(S(=O)(=O)N2CCN(C/C=C/c3ccccc3)CC2)cc1. The van der Waals surface area contributed by atoms with Crippen molar-refractivity contribution >= 4 is 21.9 Å². The van der Waals surface area contributed by atoms with Crippen molar-refractivity contribution in [1.82, 2.24) is 9.21 Å². The predicted molar refractivity (Wildman–Crippen MR) is 107 cm³/mol. The molecule has 0 saturated carbocycles. The highest BCUT2D eigenvalue weighted by atomic mass is 32.2. The number of ketones is 1. The molecule has 3 rings (SSSR count). The average Bonchev–Trinajstić information content (AvgIpc) is 2.69. The first-order valence-electron chi connectivity index (χ1n) is 9.02. The van der Waals surface area contributed by atoms with Gasteiger partial charge in [0.2, 0.25) is 10.0 Å². The van der Waals surface area contributed by atoms with Gasteiger partial charge in [-0.2, -0.15) is 4.31 Å². The average molecular weight is 385 g/mol. The van der Waals surface area contributed by atoms with Crippen LogP contribution >= 0.6 is 0 Å². The van der Waals surface area contributed by atoms with E-state index in [1.165, 1.54) is 23.4 Å². The molecule has 142 valence electrons. The smallest absolute Gasteiger partial charge is 0.243 e. The van der Waals surface area contributed by atoms with Crippen molar-refractivity contribution in [2.75, 3.05) is 32.7 Å². The summed E-state index contributed by atoms with van der Waals surface area (Å²) in [4.78, 5) is 13.8. The fraction of sp³-hybridized carbons (Fsp3) is 0.286. The topological polar surface area (TPSA) is 57.7 Å². The van der Waals surface area contributed by atoms with Crippen LogP contribution in [0.15, 0.2) is 65.6 Å². The second-order valence-electron chi connectivity index (χ2n) is 6.60. The summed E-state index contributed by atoms with van der Waals surface area (Å²) >= 11 is 0. The third-order valence-corrected chi connectivity index (χ3v) is 6.62. The van der Waals surface area contributed by atoms with Gasteiger partial charge in [0.1, 0.15) is 0 Å². The van der Waals surface area contributed by atoms with E-state index in [0.29, 0.717) is 31.7 Å². The molecular formula is C21H24N2O3S. The lowest BCUT2D eigenvalue weighted by atomic mass is 10.2. The summed E-state index contributed by atoms with van der Waals surface area (Å²) in [5, 5.41) is 0. The molecule has 0 bridgehead atoms. The summed E-state index contributed by atoms with van der Waals surface area (Å²) in [6.07, 6.45) is 4.19. The Kier molecular flexibility index (Phi) is 6.21. The minimum Gasteiger partial charge on any atom is -0.297 e. The molecular weight excluding hydrogens is 360 g/mol. The summed E-state index contributed by atoms with van der Waals surface area (Å²) in [5.74, 6) is -0.0730. The van der Waals surface area contributed by atoms with Gasteiger partial charge >= 0.3 is 0 Å². The maximum Gasteiger partial charge on any atom is 0.243 e. The van der Waals surface area contributed by atoms with E-state index in [1.54, 1.807) is 12.1 Å². The van der Waals surface area contributed by atoms with Crippen LogP contribution in [0.5, 0.6) is 0 Å². The Morgan fingerprint density at radius 1 is 0.963 bits per heavy atom. The minimum atomic E-state index is -3.51. The van der Waals surface area contributed by atoms with Gasteiger partial charge in [0.05, 0.1) is 4.90 Å². The molecule has 0 aromatic heterocycles. The van der Waals surface area contributed by atoms with Crippen molar-refractivity contribution in [3.8, 4) is 0 Å². The lowest BCUT2D eigenvalue weighted by Crippen LogP contribution is -2.48. The third kappa shape index (κ3) is 4.91. The normalized spacial score (nSPS) is 16.6. The Labute approximate surface area is 161 Å². The summed E-state index contributed by atoms with van der Waals surface area (Å²) in [7, 11) is -3.51. The molecule has 5 nitrogen and oxygen atoms in total. The van der Waals surface area contributed by atoms with Crippen molar-refractivity contribution in [2.45, 2.75) is 11.8 Å². The van der Waals surface area contributed by atoms with Gasteiger partial charge in [-0.1, -0.05) is 54.6 Å². The summed E-state index contributed by atoms with van der Waals surface area (Å²) in [6, 6.07) is 16.3. The fourth-order valence-electron chi connectivity index (χ4n) is 3.07. The van der Waals surface area contributed by atoms with Gasteiger partial charge < -0.3 is 0 Å². The number of carbonyl (C=O) groups excluding carboxylic acids is 1. The Bertz CT molecular complexity index is 898. The summed E-state index contributed by atoms with van der Waals surface area (Å²) in [6.45, 7) is 4.60. The molecule has 2 aromatic carbocycles. The van der Waals surface area contributed by atoms with E-state index in [4.69, 9.17) is 0 Å². The van der Waals surface area contributed by atoms with E-state index >= 15 is 0 Å². The molecule has 0 radical (unpaired) electrons. The zero-order chi connectivity index (χ0) is 19.3. The predicted octanol–water partition coefficient (Wildman–Crippen LogP) is 2.91. The Morgan fingerprint density at radius 3 is 2.19 bits per heavy atom. The molecule has 0 N–H and O–H groups in total. The van der Waals surface area contributed by atoms with E-state index in [2.05, 4.69) is 29.2 Å². The van der Waals surface area contributed by atoms with Crippen LogP contribution in [0.4, 0.5) is 0 Å². The Hall–Kier alpha value is -2.28. The van der Waals surface area contributed by atoms with Crippen LogP contribution in [-0.2, 0) is 10.0 Å². The molecule has 1 heterocycles.